The largest absolute Gasteiger partial charge is 0.320 e. The Bertz CT molecular complexity index is 343. The number of halogens is 2. The fourth-order valence-electron chi connectivity index (χ4n) is 0.704. The van der Waals surface area contributed by atoms with Gasteiger partial charge in [0.1, 0.15) is 5.02 Å². The van der Waals surface area contributed by atoms with Gasteiger partial charge in [-0.2, -0.15) is 0 Å². The zero-order valence-corrected chi connectivity index (χ0v) is 8.39. The van der Waals surface area contributed by atoms with Gasteiger partial charge in [0.05, 0.1) is 4.92 Å². The number of aromatic nitrogens is 1. The Hall–Kier alpha value is -0.680. The molecule has 0 aliphatic heterocycles. The van der Waals surface area contributed by atoms with Crippen LogP contribution in [0.15, 0.2) is 10.8 Å². The van der Waals surface area contributed by atoms with Crippen LogP contribution in [0.25, 0.3) is 0 Å². The van der Waals surface area contributed by atoms with Crippen LogP contribution in [0.3, 0.4) is 0 Å². The number of nitrogens with zero attached hydrogens (tertiary/aromatic N) is 2. The van der Waals surface area contributed by atoms with Crippen LogP contribution in [0.5, 0.6) is 0 Å². The van der Waals surface area contributed by atoms with E-state index in [4.69, 9.17) is 11.6 Å². The molecule has 0 spiro atoms. The highest BCUT2D eigenvalue weighted by atomic mass is 79.9. The average Bonchev–Trinajstić information content (AvgIpc) is 1.97. The monoisotopic (exact) mass is 250 g/mol. The van der Waals surface area contributed by atoms with E-state index >= 15 is 0 Å². The molecule has 1 aromatic heterocycles. The minimum absolute atomic E-state index is 0.127. The Morgan fingerprint density at radius 2 is 2.33 bits per heavy atom. The summed E-state index contributed by atoms with van der Waals surface area (Å²) < 4.78 is 0.156. The summed E-state index contributed by atoms with van der Waals surface area (Å²) in [6.07, 6.45) is 1.47. The Morgan fingerprint density at radius 3 is 2.75 bits per heavy atom. The van der Waals surface area contributed by atoms with Crippen molar-refractivity contribution < 1.29 is 4.92 Å². The van der Waals surface area contributed by atoms with Crippen molar-refractivity contribution in [2.75, 3.05) is 0 Å². The lowest BCUT2D eigenvalue weighted by Gasteiger charge is -1.99. The summed E-state index contributed by atoms with van der Waals surface area (Å²) in [6.45, 7) is 1.66. The molecule has 0 saturated carbocycles. The Balaban J connectivity index is 3.43. The molecule has 0 unspecified atom stereocenters. The van der Waals surface area contributed by atoms with E-state index in [9.17, 15) is 10.1 Å². The third-order valence-electron chi connectivity index (χ3n) is 1.30. The van der Waals surface area contributed by atoms with Crippen LogP contribution in [0.4, 0.5) is 5.69 Å². The van der Waals surface area contributed by atoms with E-state index in [1.54, 1.807) is 6.92 Å². The number of hydrogen-bond acceptors (Lipinski definition) is 3. The molecule has 0 aliphatic carbocycles. The SMILES string of the molecule is Cc1cnc(Br)c([N+](=O)[O-])c1Cl. The zero-order chi connectivity index (χ0) is 9.30. The maximum Gasteiger partial charge on any atom is 0.320 e. The highest BCUT2D eigenvalue weighted by Crippen LogP contribution is 2.32. The van der Waals surface area contributed by atoms with Crippen molar-refractivity contribution in [3.8, 4) is 0 Å². The molecule has 0 atom stereocenters. The molecule has 1 aromatic rings. The number of nitro groups is 1. The topological polar surface area (TPSA) is 56.0 Å². The van der Waals surface area contributed by atoms with Crippen LogP contribution in [0.1, 0.15) is 5.56 Å². The molecule has 1 heterocycles. The van der Waals surface area contributed by atoms with Crippen molar-refractivity contribution in [2.24, 2.45) is 0 Å². The second-order valence-corrected chi connectivity index (χ2v) is 3.28. The maximum atomic E-state index is 10.4. The molecule has 64 valence electrons. The van der Waals surface area contributed by atoms with Crippen molar-refractivity contribution in [3.63, 3.8) is 0 Å². The van der Waals surface area contributed by atoms with Gasteiger partial charge in [-0.15, -0.1) is 0 Å². The number of rotatable bonds is 1. The fourth-order valence-corrected chi connectivity index (χ4v) is 1.47. The highest BCUT2D eigenvalue weighted by molar-refractivity contribution is 9.10. The maximum absolute atomic E-state index is 10.4. The van der Waals surface area contributed by atoms with Gasteiger partial charge in [-0.05, 0) is 28.4 Å². The molecule has 0 bridgehead atoms. The fraction of sp³-hybridized carbons (Fsp3) is 0.167. The van der Waals surface area contributed by atoms with Crippen molar-refractivity contribution in [1.29, 1.82) is 0 Å². The zero-order valence-electron chi connectivity index (χ0n) is 6.04. The van der Waals surface area contributed by atoms with Gasteiger partial charge in [-0.3, -0.25) is 10.1 Å². The van der Waals surface area contributed by atoms with Crippen molar-refractivity contribution in [2.45, 2.75) is 6.92 Å². The van der Waals surface area contributed by atoms with E-state index in [2.05, 4.69) is 20.9 Å². The second kappa shape index (κ2) is 3.37. The van der Waals surface area contributed by atoms with Crippen LogP contribution in [0.2, 0.25) is 5.02 Å². The molecule has 1 rings (SSSR count). The number of aryl methyl sites for hydroxylation is 1. The summed E-state index contributed by atoms with van der Waals surface area (Å²) in [5.74, 6) is 0. The van der Waals surface area contributed by atoms with Crippen molar-refractivity contribution in [3.05, 3.63) is 31.5 Å². The van der Waals surface area contributed by atoms with Crippen molar-refractivity contribution in [1.82, 2.24) is 4.98 Å². The Morgan fingerprint density at radius 1 is 1.75 bits per heavy atom. The quantitative estimate of drug-likeness (QED) is 0.438. The minimum Gasteiger partial charge on any atom is -0.258 e. The normalized spacial score (nSPS) is 9.92. The van der Waals surface area contributed by atoms with Gasteiger partial charge in [0.25, 0.3) is 0 Å². The van der Waals surface area contributed by atoms with Gasteiger partial charge in [0.2, 0.25) is 0 Å². The first-order chi connectivity index (χ1) is 5.54. The average molecular weight is 251 g/mol. The number of pyridine rings is 1. The molecule has 0 amide bonds. The van der Waals surface area contributed by atoms with E-state index in [1.807, 2.05) is 0 Å². The molecule has 0 aliphatic rings. The van der Waals surface area contributed by atoms with E-state index in [0.29, 0.717) is 5.56 Å². The van der Waals surface area contributed by atoms with Gasteiger partial charge in [-0.25, -0.2) is 4.98 Å². The minimum atomic E-state index is -0.563. The molecule has 0 radical (unpaired) electrons. The summed E-state index contributed by atoms with van der Waals surface area (Å²) in [7, 11) is 0. The molecular weight excluding hydrogens is 247 g/mol. The summed E-state index contributed by atoms with van der Waals surface area (Å²) in [5.41, 5.74) is 0.406. The first-order valence-corrected chi connectivity index (χ1v) is 4.16. The summed E-state index contributed by atoms with van der Waals surface area (Å²) in [5, 5.41) is 10.6. The molecule has 6 heteroatoms. The Labute approximate surface area is 81.8 Å². The third kappa shape index (κ3) is 1.56. The summed E-state index contributed by atoms with van der Waals surface area (Å²) in [4.78, 5) is 13.6. The van der Waals surface area contributed by atoms with Crippen LogP contribution in [-0.2, 0) is 0 Å². The lowest BCUT2D eigenvalue weighted by atomic mass is 10.3. The lowest BCUT2D eigenvalue weighted by molar-refractivity contribution is -0.385. The molecular formula is C6H4BrClN2O2. The molecule has 4 nitrogen and oxygen atoms in total. The van der Waals surface area contributed by atoms with E-state index in [-0.39, 0.29) is 15.3 Å². The summed E-state index contributed by atoms with van der Waals surface area (Å²) in [6, 6.07) is 0. The van der Waals surface area contributed by atoms with Crippen LogP contribution in [0, 0.1) is 17.0 Å². The van der Waals surface area contributed by atoms with Gasteiger partial charge in [0, 0.05) is 6.20 Å². The first kappa shape index (κ1) is 9.41. The van der Waals surface area contributed by atoms with Gasteiger partial charge in [0.15, 0.2) is 4.60 Å². The van der Waals surface area contributed by atoms with Crippen LogP contribution >= 0.6 is 27.5 Å². The van der Waals surface area contributed by atoms with E-state index in [0.717, 1.165) is 0 Å². The standard InChI is InChI=1S/C6H4BrClN2O2/c1-3-2-9-6(7)5(4(3)8)10(11)12/h2H,1H3. The van der Waals surface area contributed by atoms with Crippen LogP contribution in [-0.4, -0.2) is 9.91 Å². The molecule has 0 aromatic carbocycles. The molecule has 0 saturated heterocycles. The van der Waals surface area contributed by atoms with E-state index < -0.39 is 4.92 Å². The van der Waals surface area contributed by atoms with Gasteiger partial charge < -0.3 is 0 Å². The van der Waals surface area contributed by atoms with Crippen LogP contribution < -0.4 is 0 Å². The first-order valence-electron chi connectivity index (χ1n) is 2.99. The molecule has 0 N–H and O–H groups in total. The predicted octanol–water partition coefficient (Wildman–Crippen LogP) is 2.71. The molecule has 0 fully saturated rings. The van der Waals surface area contributed by atoms with E-state index in [1.165, 1.54) is 6.20 Å². The van der Waals surface area contributed by atoms with Gasteiger partial charge >= 0.3 is 5.69 Å². The molecule has 12 heavy (non-hydrogen) atoms. The van der Waals surface area contributed by atoms with Gasteiger partial charge in [-0.1, -0.05) is 11.6 Å². The second-order valence-electron chi connectivity index (χ2n) is 2.15. The third-order valence-corrected chi connectivity index (χ3v) is 2.36. The highest BCUT2D eigenvalue weighted by Gasteiger charge is 2.19. The summed E-state index contributed by atoms with van der Waals surface area (Å²) >= 11 is 8.63. The smallest absolute Gasteiger partial charge is 0.258 e. The predicted molar refractivity (Wildman–Crippen MR) is 48.3 cm³/mol. The number of hydrogen-bond donors (Lipinski definition) is 0. The van der Waals surface area contributed by atoms with Crippen molar-refractivity contribution >= 4 is 33.2 Å². The lowest BCUT2D eigenvalue weighted by Crippen LogP contribution is -1.94. The Kier molecular flexibility index (Phi) is 2.64.